The zero-order valence-electron chi connectivity index (χ0n) is 75.9. The van der Waals surface area contributed by atoms with Gasteiger partial charge in [-0.15, -0.1) is 0 Å². The van der Waals surface area contributed by atoms with Gasteiger partial charge in [0.2, 0.25) is 0 Å². The molecule has 4 heterocycles. The van der Waals surface area contributed by atoms with Crippen LogP contribution in [0.4, 0.5) is 0 Å². The maximum absolute atomic E-state index is 2.61. The van der Waals surface area contributed by atoms with Crippen LogP contribution in [0.5, 0.6) is 0 Å². The van der Waals surface area contributed by atoms with Gasteiger partial charge in [-0.1, -0.05) is 338 Å². The van der Waals surface area contributed by atoms with E-state index in [4.69, 9.17) is 0 Å². The standard InChI is InChI=1S/C126H102N4/c1-121(2,3)85-45-59-95(60-46-85)129-113-63-43-83(79-27-15-13-16-28-79)71-101(113)105-75-89(51-67-117(105)129)125(109-35-23-19-31-97(109)98-32-20-24-36-110(98)125)91-53-69-119-107(77-91)108-78-92(54-70-120(108)128(119)94-57-41-82(42-58-94)81-39-55-93(56-40-81)127-115-65-49-87(123(7,8)9)73-103(115)104-74-88(124(10,11)12)50-66-116(104)127)126(111-37-25-21-33-99(111)100-34-22-26-38-112(100)126)90-52-68-118-106(76-90)102-72-84(80-29-17-14-18-30-80)44-64-114(102)130(118)96-61-47-86(48-62-96)122(4,5)6/h13-78H,1-12H3. The van der Waals surface area contributed by atoms with Crippen molar-refractivity contribution in [3.8, 4) is 78.4 Å². The van der Waals surface area contributed by atoms with Crippen molar-refractivity contribution in [3.05, 3.63) is 467 Å². The third-order valence-electron chi connectivity index (χ3n) is 29.2. The SMILES string of the molecule is CC(C)(C)c1ccc(-n2c3ccc(-c4ccccc4)cc3c3cc(C4(c5ccc6c(c5)c5cc(C7(c8ccc9c(c8)c8cc(-c%10ccccc%10)ccc8n9-c8ccc(C(C)(C)C)cc8)c8ccccc8-c8ccccc87)ccc5n6-c5ccc(-c6ccc(-n7c8ccc(C(C)(C)C)cc8c8cc(C(C)(C)C)ccc87)cc6)cc5)c5ccccc5-c5ccccc54)ccc32)cc1. The number of nitrogens with zero attached hydrogens (tertiary/aromatic N) is 4. The fraction of sp³-hybridized carbons (Fsp3) is 0.143. The van der Waals surface area contributed by atoms with Crippen molar-refractivity contribution in [3.63, 3.8) is 0 Å². The summed E-state index contributed by atoms with van der Waals surface area (Å²) in [5.41, 5.74) is 39.5. The molecular weight excluding hydrogens is 1570 g/mol. The number of hydrogen-bond donors (Lipinski definition) is 0. The lowest BCUT2D eigenvalue weighted by Gasteiger charge is -2.34. The molecule has 4 aromatic heterocycles. The Morgan fingerprint density at radius 3 is 0.631 bits per heavy atom. The molecule has 130 heavy (non-hydrogen) atoms. The molecule has 626 valence electrons. The lowest BCUT2D eigenvalue weighted by atomic mass is 9.67. The first-order valence-electron chi connectivity index (χ1n) is 46.3. The Balaban J connectivity index is 0.739. The van der Waals surface area contributed by atoms with Crippen LogP contribution in [-0.4, -0.2) is 18.3 Å². The third kappa shape index (κ3) is 11.9. The van der Waals surface area contributed by atoms with E-state index in [-0.39, 0.29) is 21.7 Å². The summed E-state index contributed by atoms with van der Waals surface area (Å²) < 4.78 is 10.0. The van der Waals surface area contributed by atoms with Gasteiger partial charge in [-0.05, 0) is 290 Å². The van der Waals surface area contributed by atoms with Crippen molar-refractivity contribution >= 4 is 87.2 Å². The summed E-state index contributed by atoms with van der Waals surface area (Å²) in [7, 11) is 0. The zero-order chi connectivity index (χ0) is 88.2. The molecule has 0 fully saturated rings. The fourth-order valence-electron chi connectivity index (χ4n) is 22.6. The van der Waals surface area contributed by atoms with Gasteiger partial charge in [-0.25, -0.2) is 0 Å². The van der Waals surface area contributed by atoms with Crippen LogP contribution in [0, 0.1) is 0 Å². The minimum atomic E-state index is -0.792. The zero-order valence-corrected chi connectivity index (χ0v) is 75.9. The quantitative estimate of drug-likeness (QED) is 0.123. The molecule has 0 bridgehead atoms. The molecule has 0 saturated heterocycles. The van der Waals surface area contributed by atoms with E-state index in [0.29, 0.717) is 0 Å². The molecule has 0 saturated carbocycles. The minimum absolute atomic E-state index is 0.000531. The van der Waals surface area contributed by atoms with Crippen molar-refractivity contribution in [2.45, 2.75) is 116 Å². The van der Waals surface area contributed by atoms with Gasteiger partial charge in [0, 0.05) is 65.8 Å². The van der Waals surface area contributed by atoms with Gasteiger partial charge in [0.25, 0.3) is 0 Å². The molecule has 4 heteroatoms. The molecule has 2 aliphatic carbocycles. The van der Waals surface area contributed by atoms with Gasteiger partial charge < -0.3 is 18.3 Å². The summed E-state index contributed by atoms with van der Waals surface area (Å²) in [6.07, 6.45) is 0. The molecule has 4 nitrogen and oxygen atoms in total. The van der Waals surface area contributed by atoms with Crippen LogP contribution in [-0.2, 0) is 32.5 Å². The first kappa shape index (κ1) is 78.6. The summed E-state index contributed by atoms with van der Waals surface area (Å²) >= 11 is 0. The molecule has 0 aliphatic heterocycles. The minimum Gasteiger partial charge on any atom is -0.309 e. The number of aromatic nitrogens is 4. The van der Waals surface area contributed by atoms with Crippen molar-refractivity contribution in [2.75, 3.05) is 0 Å². The first-order valence-corrected chi connectivity index (χ1v) is 46.3. The number of hydrogen-bond acceptors (Lipinski definition) is 0. The van der Waals surface area contributed by atoms with E-state index < -0.39 is 10.8 Å². The monoisotopic (exact) mass is 1670 g/mol. The second kappa shape index (κ2) is 28.8. The highest BCUT2D eigenvalue weighted by molar-refractivity contribution is 6.15. The molecule has 0 amide bonds. The molecule has 18 aromatic carbocycles. The predicted octanol–water partition coefficient (Wildman–Crippen LogP) is 33.0. The smallest absolute Gasteiger partial charge is 0.0714 e. The molecule has 2 aliphatic rings. The van der Waals surface area contributed by atoms with Crippen molar-refractivity contribution in [1.82, 2.24) is 18.3 Å². The van der Waals surface area contributed by atoms with Gasteiger partial charge in [0.1, 0.15) is 0 Å². The van der Waals surface area contributed by atoms with E-state index in [2.05, 4.69) is 502 Å². The first-order chi connectivity index (χ1) is 63.0. The van der Waals surface area contributed by atoms with E-state index in [0.717, 1.165) is 55.9 Å². The Bertz CT molecular complexity index is 7840. The van der Waals surface area contributed by atoms with Crippen LogP contribution in [0.1, 0.15) is 150 Å². The molecule has 24 rings (SSSR count). The van der Waals surface area contributed by atoms with Crippen LogP contribution in [0.25, 0.3) is 166 Å². The molecule has 0 radical (unpaired) electrons. The summed E-state index contributed by atoms with van der Waals surface area (Å²) in [5.74, 6) is 0. The Kier molecular flexibility index (Phi) is 17.4. The van der Waals surface area contributed by atoms with Gasteiger partial charge in [0.05, 0.1) is 55.0 Å². The summed E-state index contributed by atoms with van der Waals surface area (Å²) in [6.45, 7) is 27.7. The number of benzene rings is 18. The Hall–Kier alpha value is -14.8. The van der Waals surface area contributed by atoms with Crippen molar-refractivity contribution in [2.24, 2.45) is 0 Å². The molecule has 22 aromatic rings. The maximum Gasteiger partial charge on any atom is 0.0714 e. The lowest BCUT2D eigenvalue weighted by molar-refractivity contribution is 0.590. The van der Waals surface area contributed by atoms with Crippen LogP contribution >= 0.6 is 0 Å². The highest BCUT2D eigenvalue weighted by Gasteiger charge is 2.49. The van der Waals surface area contributed by atoms with E-state index in [1.807, 2.05) is 0 Å². The largest absolute Gasteiger partial charge is 0.309 e. The topological polar surface area (TPSA) is 19.7 Å². The fourth-order valence-corrected chi connectivity index (χ4v) is 22.6. The average molecular weight is 1670 g/mol. The molecule has 0 N–H and O–H groups in total. The van der Waals surface area contributed by atoms with Gasteiger partial charge in [-0.3, -0.25) is 0 Å². The van der Waals surface area contributed by atoms with Gasteiger partial charge in [0.15, 0.2) is 0 Å². The Morgan fingerprint density at radius 1 is 0.162 bits per heavy atom. The molecule has 0 spiro atoms. The van der Waals surface area contributed by atoms with Crippen LogP contribution < -0.4 is 0 Å². The second-order valence-electron chi connectivity index (χ2n) is 40.8. The molecule has 0 atom stereocenters. The summed E-state index contributed by atoms with van der Waals surface area (Å²) in [4.78, 5) is 0. The number of fused-ring (bicyclic) bond motifs is 18. The molecular formula is C126H102N4. The van der Waals surface area contributed by atoms with Crippen molar-refractivity contribution in [1.29, 1.82) is 0 Å². The Labute approximate surface area is 761 Å². The van der Waals surface area contributed by atoms with Crippen LogP contribution in [0.2, 0.25) is 0 Å². The molecule has 0 unspecified atom stereocenters. The highest BCUT2D eigenvalue weighted by atomic mass is 15.0. The van der Waals surface area contributed by atoms with Gasteiger partial charge >= 0.3 is 0 Å². The second-order valence-corrected chi connectivity index (χ2v) is 40.8. The summed E-state index contributed by atoms with van der Waals surface area (Å²) in [5, 5.41) is 9.76. The predicted molar refractivity (Wildman–Crippen MR) is 550 cm³/mol. The van der Waals surface area contributed by atoms with Crippen molar-refractivity contribution < 1.29 is 0 Å². The van der Waals surface area contributed by atoms with Gasteiger partial charge in [-0.2, -0.15) is 0 Å². The number of rotatable bonds is 11. The van der Waals surface area contributed by atoms with E-state index in [1.54, 1.807) is 0 Å². The van der Waals surface area contributed by atoms with Crippen LogP contribution in [0.15, 0.2) is 400 Å². The average Bonchev–Trinajstić information content (AvgIpc) is 1.52. The highest BCUT2D eigenvalue weighted by Crippen LogP contribution is 2.61. The lowest BCUT2D eigenvalue weighted by Crippen LogP contribution is -2.28. The third-order valence-corrected chi connectivity index (χ3v) is 29.2. The van der Waals surface area contributed by atoms with Crippen LogP contribution in [0.3, 0.4) is 0 Å². The van der Waals surface area contributed by atoms with E-state index in [1.165, 1.54) is 176 Å². The maximum atomic E-state index is 2.61. The van der Waals surface area contributed by atoms with E-state index in [9.17, 15) is 0 Å². The Morgan fingerprint density at radius 2 is 0.362 bits per heavy atom. The van der Waals surface area contributed by atoms with E-state index >= 15 is 0 Å². The normalized spacial score (nSPS) is 13.7. The summed E-state index contributed by atoms with van der Waals surface area (Å²) in [6, 6.07) is 155.